The van der Waals surface area contributed by atoms with Gasteiger partial charge in [0.2, 0.25) is 0 Å². The van der Waals surface area contributed by atoms with Crippen LogP contribution in [0.1, 0.15) is 26.6 Å². The lowest BCUT2D eigenvalue weighted by atomic mass is 10.3. The Labute approximate surface area is 90.3 Å². The average molecular weight is 210 g/mol. The molecule has 1 aromatic heterocycles. The van der Waals surface area contributed by atoms with E-state index in [0.29, 0.717) is 6.42 Å². The van der Waals surface area contributed by atoms with Crippen molar-refractivity contribution in [3.05, 3.63) is 18.2 Å². The van der Waals surface area contributed by atoms with Gasteiger partial charge in [-0.1, -0.05) is 0 Å². The fourth-order valence-electron chi connectivity index (χ4n) is 1.28. The van der Waals surface area contributed by atoms with Crippen molar-refractivity contribution in [1.82, 2.24) is 9.55 Å². The van der Waals surface area contributed by atoms with Gasteiger partial charge in [0.25, 0.3) is 0 Å². The molecule has 0 bridgehead atoms. The van der Waals surface area contributed by atoms with Crippen molar-refractivity contribution in [1.29, 1.82) is 0 Å². The molecule has 15 heavy (non-hydrogen) atoms. The van der Waals surface area contributed by atoms with Gasteiger partial charge in [-0.15, -0.1) is 0 Å². The zero-order valence-corrected chi connectivity index (χ0v) is 9.56. The van der Waals surface area contributed by atoms with Gasteiger partial charge in [0, 0.05) is 18.9 Å². The molecular formula is C11H18N2O2. The first-order chi connectivity index (χ1) is 7.13. The van der Waals surface area contributed by atoms with Crippen molar-refractivity contribution in [2.75, 3.05) is 6.61 Å². The molecule has 1 heterocycles. The SMILES string of the molecule is CCn1ccnc1CC(=O)COC(C)C. The summed E-state index contributed by atoms with van der Waals surface area (Å²) in [6.45, 7) is 6.88. The quantitative estimate of drug-likeness (QED) is 0.713. The van der Waals surface area contributed by atoms with Gasteiger partial charge in [-0.05, 0) is 20.8 Å². The minimum atomic E-state index is 0.0737. The molecule has 0 N–H and O–H groups in total. The molecule has 0 aliphatic heterocycles. The fourth-order valence-corrected chi connectivity index (χ4v) is 1.28. The van der Waals surface area contributed by atoms with Crippen LogP contribution in [0.2, 0.25) is 0 Å². The number of imidazole rings is 1. The number of Topliss-reactive ketones (excluding diaryl/α,β-unsaturated/α-hetero) is 1. The Morgan fingerprint density at radius 3 is 2.93 bits per heavy atom. The van der Waals surface area contributed by atoms with E-state index in [-0.39, 0.29) is 18.5 Å². The Bertz CT molecular complexity index is 318. The highest BCUT2D eigenvalue weighted by Gasteiger charge is 2.09. The van der Waals surface area contributed by atoms with E-state index in [1.807, 2.05) is 31.5 Å². The number of aromatic nitrogens is 2. The number of ether oxygens (including phenoxy) is 1. The molecule has 0 radical (unpaired) electrons. The molecule has 1 aromatic rings. The third kappa shape index (κ3) is 3.83. The Morgan fingerprint density at radius 2 is 2.33 bits per heavy atom. The van der Waals surface area contributed by atoms with Crippen LogP contribution in [0.5, 0.6) is 0 Å². The first kappa shape index (κ1) is 11.9. The van der Waals surface area contributed by atoms with E-state index in [2.05, 4.69) is 4.98 Å². The maximum atomic E-state index is 11.5. The van der Waals surface area contributed by atoms with E-state index >= 15 is 0 Å². The number of rotatable bonds is 6. The third-order valence-corrected chi connectivity index (χ3v) is 2.08. The van der Waals surface area contributed by atoms with Crippen LogP contribution < -0.4 is 0 Å². The van der Waals surface area contributed by atoms with E-state index < -0.39 is 0 Å². The van der Waals surface area contributed by atoms with Crippen molar-refractivity contribution in [2.24, 2.45) is 0 Å². The molecule has 0 aromatic carbocycles. The van der Waals surface area contributed by atoms with Crippen molar-refractivity contribution in [3.8, 4) is 0 Å². The van der Waals surface area contributed by atoms with E-state index in [1.165, 1.54) is 0 Å². The summed E-state index contributed by atoms with van der Waals surface area (Å²) < 4.78 is 7.20. The van der Waals surface area contributed by atoms with Crippen LogP contribution in [-0.2, 0) is 22.5 Å². The van der Waals surface area contributed by atoms with Gasteiger partial charge in [0.05, 0.1) is 12.5 Å². The zero-order chi connectivity index (χ0) is 11.3. The lowest BCUT2D eigenvalue weighted by molar-refractivity contribution is -0.124. The summed E-state index contributed by atoms with van der Waals surface area (Å²) in [5.74, 6) is 0.888. The minimum Gasteiger partial charge on any atom is -0.371 e. The number of aryl methyl sites for hydroxylation is 1. The first-order valence-electron chi connectivity index (χ1n) is 5.26. The van der Waals surface area contributed by atoms with Gasteiger partial charge in [-0.25, -0.2) is 4.98 Å². The van der Waals surface area contributed by atoms with Gasteiger partial charge in [-0.2, -0.15) is 0 Å². The average Bonchev–Trinajstić information content (AvgIpc) is 2.62. The molecule has 84 valence electrons. The minimum absolute atomic E-state index is 0.0737. The highest BCUT2D eigenvalue weighted by Crippen LogP contribution is 2.00. The molecular weight excluding hydrogens is 192 g/mol. The summed E-state index contributed by atoms with van der Waals surface area (Å²) in [6, 6.07) is 0. The van der Waals surface area contributed by atoms with Crippen molar-refractivity contribution < 1.29 is 9.53 Å². The van der Waals surface area contributed by atoms with E-state index in [0.717, 1.165) is 12.4 Å². The number of ketones is 1. The monoisotopic (exact) mass is 210 g/mol. The van der Waals surface area contributed by atoms with Crippen LogP contribution >= 0.6 is 0 Å². The van der Waals surface area contributed by atoms with Crippen LogP contribution in [0.3, 0.4) is 0 Å². The van der Waals surface area contributed by atoms with E-state index in [1.54, 1.807) is 6.20 Å². The molecule has 0 aliphatic rings. The van der Waals surface area contributed by atoms with Gasteiger partial charge in [-0.3, -0.25) is 4.79 Å². The lowest BCUT2D eigenvalue weighted by Crippen LogP contribution is -2.17. The normalized spacial score (nSPS) is 10.9. The predicted molar refractivity (Wildman–Crippen MR) is 57.7 cm³/mol. The number of nitrogens with zero attached hydrogens (tertiary/aromatic N) is 2. The summed E-state index contributed by atoms with van der Waals surface area (Å²) in [6.07, 6.45) is 4.05. The number of carbonyl (C=O) groups is 1. The smallest absolute Gasteiger partial charge is 0.165 e. The maximum Gasteiger partial charge on any atom is 0.165 e. The highest BCUT2D eigenvalue weighted by molar-refractivity contribution is 5.81. The third-order valence-electron chi connectivity index (χ3n) is 2.08. The van der Waals surface area contributed by atoms with Gasteiger partial charge in [0.1, 0.15) is 12.4 Å². The van der Waals surface area contributed by atoms with Crippen molar-refractivity contribution >= 4 is 5.78 Å². The number of hydrogen-bond acceptors (Lipinski definition) is 3. The zero-order valence-electron chi connectivity index (χ0n) is 9.56. The summed E-state index contributed by atoms with van der Waals surface area (Å²) >= 11 is 0. The second kappa shape index (κ2) is 5.66. The molecule has 0 saturated carbocycles. The molecule has 0 amide bonds. The lowest BCUT2D eigenvalue weighted by Gasteiger charge is -2.07. The maximum absolute atomic E-state index is 11.5. The molecule has 4 heteroatoms. The fraction of sp³-hybridized carbons (Fsp3) is 0.636. The summed E-state index contributed by atoms with van der Waals surface area (Å²) in [4.78, 5) is 15.6. The van der Waals surface area contributed by atoms with Gasteiger partial charge >= 0.3 is 0 Å². The molecule has 0 unspecified atom stereocenters. The van der Waals surface area contributed by atoms with E-state index in [9.17, 15) is 4.79 Å². The Morgan fingerprint density at radius 1 is 1.60 bits per heavy atom. The summed E-state index contributed by atoms with van der Waals surface area (Å²) in [5, 5.41) is 0. The Balaban J connectivity index is 2.44. The summed E-state index contributed by atoms with van der Waals surface area (Å²) in [5.41, 5.74) is 0. The number of carbonyl (C=O) groups excluding carboxylic acids is 1. The Kier molecular flexibility index (Phi) is 4.49. The molecule has 0 atom stereocenters. The Hall–Kier alpha value is -1.16. The van der Waals surface area contributed by atoms with Crippen LogP contribution in [0.25, 0.3) is 0 Å². The highest BCUT2D eigenvalue weighted by atomic mass is 16.5. The van der Waals surface area contributed by atoms with Crippen LogP contribution in [0.15, 0.2) is 12.4 Å². The van der Waals surface area contributed by atoms with Crippen LogP contribution in [0, 0.1) is 0 Å². The van der Waals surface area contributed by atoms with Crippen molar-refractivity contribution in [3.63, 3.8) is 0 Å². The molecule has 4 nitrogen and oxygen atoms in total. The topological polar surface area (TPSA) is 44.1 Å². The largest absolute Gasteiger partial charge is 0.371 e. The van der Waals surface area contributed by atoms with Crippen LogP contribution in [0.4, 0.5) is 0 Å². The molecule has 0 fully saturated rings. The standard InChI is InChI=1S/C11H18N2O2/c1-4-13-6-5-12-11(13)7-10(14)8-15-9(2)3/h5-6,9H,4,7-8H2,1-3H3. The summed E-state index contributed by atoms with van der Waals surface area (Å²) in [7, 11) is 0. The second-order valence-corrected chi connectivity index (χ2v) is 3.70. The van der Waals surface area contributed by atoms with Gasteiger partial charge in [0.15, 0.2) is 5.78 Å². The second-order valence-electron chi connectivity index (χ2n) is 3.70. The number of hydrogen-bond donors (Lipinski definition) is 0. The predicted octanol–water partition coefficient (Wildman–Crippen LogP) is 1.44. The molecule has 1 rings (SSSR count). The molecule has 0 saturated heterocycles. The van der Waals surface area contributed by atoms with E-state index in [4.69, 9.17) is 4.74 Å². The van der Waals surface area contributed by atoms with Crippen molar-refractivity contribution in [2.45, 2.75) is 39.8 Å². The first-order valence-corrected chi connectivity index (χ1v) is 5.26. The van der Waals surface area contributed by atoms with Gasteiger partial charge < -0.3 is 9.30 Å². The molecule has 0 spiro atoms. The molecule has 0 aliphatic carbocycles. The van der Waals surface area contributed by atoms with Crippen LogP contribution in [-0.4, -0.2) is 28.0 Å².